The smallest absolute Gasteiger partial charge is 0.245 e. The van der Waals surface area contributed by atoms with Gasteiger partial charge in [-0.05, 0) is 51.1 Å². The molecule has 4 atom stereocenters. The Morgan fingerprint density at radius 3 is 2.26 bits per heavy atom. The van der Waals surface area contributed by atoms with E-state index in [0.717, 1.165) is 51.6 Å². The van der Waals surface area contributed by atoms with E-state index in [1.165, 1.54) is 0 Å². The highest BCUT2D eigenvalue weighted by Gasteiger charge is 2.36. The van der Waals surface area contributed by atoms with Gasteiger partial charge in [0.05, 0.1) is 6.04 Å². The fraction of sp³-hybridized carbons (Fsp3) is 0.909. The summed E-state index contributed by atoms with van der Waals surface area (Å²) in [6.45, 7) is 14.5. The first-order valence-electron chi connectivity index (χ1n) is 11.1. The maximum absolute atomic E-state index is 13.5. The lowest BCUT2D eigenvalue weighted by molar-refractivity contribution is -0.142. The largest absolute Gasteiger partial charge is 0.343 e. The standard InChI is InChI=1S/C22H43N3O2/c1-8-14-25(18(10-3)16(4)5)22(27)20(17(6)9-2)23-21(26)19-13-11-12-15-24(19)7/h16-20H,8-15H2,1-7H3,(H,23,26)/t17-,18+,19-,20+/m0/s1. The van der Waals surface area contributed by atoms with Crippen LogP contribution in [0.4, 0.5) is 0 Å². The third-order valence-electron chi connectivity index (χ3n) is 6.19. The third kappa shape index (κ3) is 6.48. The maximum atomic E-state index is 13.5. The Bertz CT molecular complexity index is 466. The summed E-state index contributed by atoms with van der Waals surface area (Å²) in [6, 6.07) is -0.319. The van der Waals surface area contributed by atoms with Gasteiger partial charge < -0.3 is 10.2 Å². The number of amides is 2. The van der Waals surface area contributed by atoms with Gasteiger partial charge in [-0.3, -0.25) is 14.5 Å². The molecule has 158 valence electrons. The molecule has 0 aromatic heterocycles. The number of likely N-dealkylation sites (N-methyl/N-ethyl adjacent to an activating group) is 1. The molecule has 2 amide bonds. The van der Waals surface area contributed by atoms with Gasteiger partial charge in [0.25, 0.3) is 0 Å². The number of hydrogen-bond donors (Lipinski definition) is 1. The number of nitrogens with one attached hydrogen (secondary N) is 1. The molecule has 0 bridgehead atoms. The van der Waals surface area contributed by atoms with Crippen LogP contribution in [0.5, 0.6) is 0 Å². The summed E-state index contributed by atoms with van der Waals surface area (Å²) in [6.07, 6.45) is 5.85. The van der Waals surface area contributed by atoms with E-state index in [1.54, 1.807) is 0 Å². The fourth-order valence-corrected chi connectivity index (χ4v) is 4.25. The van der Waals surface area contributed by atoms with Crippen molar-refractivity contribution >= 4 is 11.8 Å². The van der Waals surface area contributed by atoms with Crippen LogP contribution in [0.1, 0.15) is 80.1 Å². The van der Waals surface area contributed by atoms with Crippen LogP contribution in [0.3, 0.4) is 0 Å². The summed E-state index contributed by atoms with van der Waals surface area (Å²) >= 11 is 0. The zero-order valence-electron chi connectivity index (χ0n) is 18.8. The molecule has 0 aromatic rings. The van der Waals surface area contributed by atoms with Crippen molar-refractivity contribution in [3.8, 4) is 0 Å². The van der Waals surface area contributed by atoms with Crippen LogP contribution < -0.4 is 5.32 Å². The number of likely N-dealkylation sites (tertiary alicyclic amines) is 1. The third-order valence-corrected chi connectivity index (χ3v) is 6.19. The number of nitrogens with zero attached hydrogens (tertiary/aromatic N) is 2. The van der Waals surface area contributed by atoms with Gasteiger partial charge in [-0.25, -0.2) is 0 Å². The lowest BCUT2D eigenvalue weighted by atomic mass is 9.93. The summed E-state index contributed by atoms with van der Waals surface area (Å²) < 4.78 is 0. The van der Waals surface area contributed by atoms with Crippen molar-refractivity contribution in [2.24, 2.45) is 11.8 Å². The second-order valence-corrected chi connectivity index (χ2v) is 8.62. The highest BCUT2D eigenvalue weighted by molar-refractivity contribution is 5.90. The van der Waals surface area contributed by atoms with Crippen LogP contribution in [0, 0.1) is 11.8 Å². The molecule has 1 N–H and O–H groups in total. The Labute approximate surface area is 167 Å². The first-order valence-corrected chi connectivity index (χ1v) is 11.1. The zero-order chi connectivity index (χ0) is 20.6. The molecule has 0 spiro atoms. The van der Waals surface area contributed by atoms with Crippen LogP contribution >= 0.6 is 0 Å². The minimum absolute atomic E-state index is 0.0184. The van der Waals surface area contributed by atoms with Crippen LogP contribution in [0.2, 0.25) is 0 Å². The van der Waals surface area contributed by atoms with Gasteiger partial charge in [0.15, 0.2) is 0 Å². The molecule has 5 nitrogen and oxygen atoms in total. The summed E-state index contributed by atoms with van der Waals surface area (Å²) in [4.78, 5) is 30.7. The Hall–Kier alpha value is -1.10. The molecule has 0 radical (unpaired) electrons. The summed E-state index contributed by atoms with van der Waals surface area (Å²) in [5.41, 5.74) is 0. The topological polar surface area (TPSA) is 52.7 Å². The van der Waals surface area contributed by atoms with Gasteiger partial charge in [0, 0.05) is 12.6 Å². The molecule has 1 aliphatic rings. The second-order valence-electron chi connectivity index (χ2n) is 8.62. The zero-order valence-corrected chi connectivity index (χ0v) is 18.8. The molecule has 1 rings (SSSR count). The summed E-state index contributed by atoms with van der Waals surface area (Å²) in [7, 11) is 2.01. The molecule has 0 saturated carbocycles. The van der Waals surface area contributed by atoms with E-state index in [-0.39, 0.29) is 29.8 Å². The minimum Gasteiger partial charge on any atom is -0.343 e. The Kier molecular flexibility index (Phi) is 10.4. The quantitative estimate of drug-likeness (QED) is 0.628. The average molecular weight is 382 g/mol. The van der Waals surface area contributed by atoms with Crippen LogP contribution in [0.15, 0.2) is 0 Å². The lowest BCUT2D eigenvalue weighted by Crippen LogP contribution is -2.58. The van der Waals surface area contributed by atoms with E-state index >= 15 is 0 Å². The van der Waals surface area contributed by atoms with Crippen molar-refractivity contribution in [1.29, 1.82) is 0 Å². The van der Waals surface area contributed by atoms with Gasteiger partial charge in [-0.2, -0.15) is 0 Å². The number of carbonyl (C=O) groups is 2. The Balaban J connectivity index is 3.01. The van der Waals surface area contributed by atoms with Gasteiger partial charge in [0.1, 0.15) is 6.04 Å². The maximum Gasteiger partial charge on any atom is 0.245 e. The van der Waals surface area contributed by atoms with Gasteiger partial charge >= 0.3 is 0 Å². The van der Waals surface area contributed by atoms with Gasteiger partial charge in [-0.15, -0.1) is 0 Å². The van der Waals surface area contributed by atoms with E-state index in [2.05, 4.69) is 51.8 Å². The van der Waals surface area contributed by atoms with Crippen molar-refractivity contribution in [1.82, 2.24) is 15.1 Å². The molecule has 0 aromatic carbocycles. The molecular formula is C22H43N3O2. The van der Waals surface area contributed by atoms with Gasteiger partial charge in [-0.1, -0.05) is 54.4 Å². The number of piperidine rings is 1. The summed E-state index contributed by atoms with van der Waals surface area (Å²) in [5.74, 6) is 0.645. The van der Waals surface area contributed by atoms with E-state index < -0.39 is 6.04 Å². The molecule has 27 heavy (non-hydrogen) atoms. The van der Waals surface area contributed by atoms with Gasteiger partial charge in [0.2, 0.25) is 11.8 Å². The SMILES string of the molecule is CCCN(C(=O)[C@H](NC(=O)[C@@H]1CCCCN1C)[C@@H](C)CC)[C@H](CC)C(C)C. The molecule has 5 heteroatoms. The second kappa shape index (κ2) is 11.7. The van der Waals surface area contributed by atoms with E-state index in [0.29, 0.717) is 5.92 Å². The van der Waals surface area contributed by atoms with Crippen molar-refractivity contribution in [3.63, 3.8) is 0 Å². The van der Waals surface area contributed by atoms with Crippen molar-refractivity contribution in [3.05, 3.63) is 0 Å². The molecule has 1 heterocycles. The predicted molar refractivity (Wildman–Crippen MR) is 113 cm³/mol. The lowest BCUT2D eigenvalue weighted by Gasteiger charge is -2.39. The normalized spacial score (nSPS) is 21.6. The monoisotopic (exact) mass is 381 g/mol. The fourth-order valence-electron chi connectivity index (χ4n) is 4.25. The van der Waals surface area contributed by atoms with Crippen molar-refractivity contribution in [2.45, 2.75) is 98.2 Å². The van der Waals surface area contributed by atoms with E-state index in [1.807, 2.05) is 11.9 Å². The van der Waals surface area contributed by atoms with E-state index in [9.17, 15) is 9.59 Å². The van der Waals surface area contributed by atoms with Crippen molar-refractivity contribution < 1.29 is 9.59 Å². The predicted octanol–water partition coefficient (Wildman–Crippen LogP) is 3.67. The molecule has 0 aliphatic carbocycles. The minimum atomic E-state index is -0.433. The average Bonchev–Trinajstić information content (AvgIpc) is 2.64. The van der Waals surface area contributed by atoms with Crippen LogP contribution in [-0.2, 0) is 9.59 Å². The Morgan fingerprint density at radius 2 is 1.78 bits per heavy atom. The van der Waals surface area contributed by atoms with Crippen LogP contribution in [-0.4, -0.2) is 59.9 Å². The Morgan fingerprint density at radius 1 is 1.11 bits per heavy atom. The first kappa shape index (κ1) is 23.9. The van der Waals surface area contributed by atoms with Crippen molar-refractivity contribution in [2.75, 3.05) is 20.1 Å². The molecule has 1 fully saturated rings. The first-order chi connectivity index (χ1) is 12.8. The van der Waals surface area contributed by atoms with Crippen LogP contribution in [0.25, 0.3) is 0 Å². The number of hydrogen-bond acceptors (Lipinski definition) is 3. The molecule has 1 saturated heterocycles. The highest BCUT2D eigenvalue weighted by atomic mass is 16.2. The van der Waals surface area contributed by atoms with E-state index in [4.69, 9.17) is 0 Å². The molecule has 1 aliphatic heterocycles. The number of carbonyl (C=O) groups excluding carboxylic acids is 2. The number of rotatable bonds is 10. The molecular weight excluding hydrogens is 338 g/mol. The summed E-state index contributed by atoms with van der Waals surface area (Å²) in [5, 5.41) is 3.15. The highest BCUT2D eigenvalue weighted by Crippen LogP contribution is 2.21. The molecule has 0 unspecified atom stereocenters.